The van der Waals surface area contributed by atoms with Crippen LogP contribution in [-0.4, -0.2) is 96.7 Å². The van der Waals surface area contributed by atoms with Crippen molar-refractivity contribution in [1.29, 1.82) is 0 Å². The summed E-state index contributed by atoms with van der Waals surface area (Å²) < 4.78 is 68.2. The Labute approximate surface area is 575 Å². The van der Waals surface area contributed by atoms with Gasteiger partial charge in [0.2, 0.25) is 0 Å². The number of phosphoric acid groups is 2. The molecule has 17 nitrogen and oxygen atoms in total. The summed E-state index contributed by atoms with van der Waals surface area (Å²) in [4.78, 5) is 72.4. The predicted octanol–water partition coefficient (Wildman–Crippen LogP) is 21.9. The molecule has 0 aromatic carbocycles. The van der Waals surface area contributed by atoms with Gasteiger partial charge in [0.05, 0.1) is 26.4 Å². The second kappa shape index (κ2) is 66.9. The Morgan fingerprint density at radius 3 is 0.755 bits per heavy atom. The molecule has 7 atom stereocenters. The molecule has 0 fully saturated rings. The zero-order chi connectivity index (χ0) is 69.3. The molecule has 3 N–H and O–H groups in total. The standard InChI is InChI=1S/C75H146O17P2/c1-7-11-13-15-16-33-41-47-53-59-74(79)91-70(63-85-72(77)57-51-43-14-12-8-2)65-89-93(81,82)87-61-69(76)62-88-94(83,84)90-66-71(64-86-73(78)58-52-46-40-36-31-27-24-23-26-30-35-39-45-50-56-68(6)10-4)92-75(80)60-54-48-42-37-32-28-22-20-18-17-19-21-25-29-34-38-44-49-55-67(5)9-3/h67-71,76H,7-66H2,1-6H3,(H,81,82)(H,83,84)/t67?,68?,69-,70+,71+/m0/s1. The van der Waals surface area contributed by atoms with E-state index in [-0.39, 0.29) is 25.7 Å². The van der Waals surface area contributed by atoms with Crippen molar-refractivity contribution < 1.29 is 80.2 Å². The first-order valence-corrected chi connectivity index (χ1v) is 42.1. The molecule has 0 amide bonds. The van der Waals surface area contributed by atoms with E-state index >= 15 is 0 Å². The van der Waals surface area contributed by atoms with Gasteiger partial charge in [0.25, 0.3) is 0 Å². The molecular formula is C75H146O17P2. The highest BCUT2D eigenvalue weighted by Gasteiger charge is 2.30. The Morgan fingerprint density at radius 1 is 0.298 bits per heavy atom. The van der Waals surface area contributed by atoms with Gasteiger partial charge in [0.1, 0.15) is 19.3 Å². The van der Waals surface area contributed by atoms with Gasteiger partial charge in [0, 0.05) is 25.7 Å². The number of aliphatic hydroxyl groups is 1. The highest BCUT2D eigenvalue weighted by Crippen LogP contribution is 2.45. The first-order chi connectivity index (χ1) is 45.4. The highest BCUT2D eigenvalue weighted by atomic mass is 31.2. The molecule has 4 unspecified atom stereocenters. The van der Waals surface area contributed by atoms with E-state index in [4.69, 9.17) is 37.0 Å². The molecule has 0 saturated heterocycles. The Morgan fingerprint density at radius 2 is 0.511 bits per heavy atom. The summed E-state index contributed by atoms with van der Waals surface area (Å²) in [6, 6.07) is 0. The Hall–Kier alpha value is -1.94. The lowest BCUT2D eigenvalue weighted by Gasteiger charge is -2.21. The van der Waals surface area contributed by atoms with Gasteiger partial charge in [-0.05, 0) is 37.5 Å². The fourth-order valence-corrected chi connectivity index (χ4v) is 13.0. The zero-order valence-corrected chi connectivity index (χ0v) is 63.1. The predicted molar refractivity (Wildman–Crippen MR) is 381 cm³/mol. The molecular weight excluding hydrogens is 1230 g/mol. The quantitative estimate of drug-likeness (QED) is 0.0222. The first kappa shape index (κ1) is 92.1. The molecule has 0 spiro atoms. The second-order valence-corrected chi connectivity index (χ2v) is 30.4. The number of unbranched alkanes of at least 4 members (excludes halogenated alkanes) is 42. The van der Waals surface area contributed by atoms with Crippen LogP contribution >= 0.6 is 15.6 Å². The third kappa shape index (κ3) is 66.0. The minimum atomic E-state index is -4.95. The van der Waals surface area contributed by atoms with E-state index in [1.54, 1.807) is 0 Å². The van der Waals surface area contributed by atoms with E-state index in [1.807, 2.05) is 0 Å². The molecule has 0 bridgehead atoms. The Balaban J connectivity index is 5.10. The van der Waals surface area contributed by atoms with Crippen LogP contribution in [0.2, 0.25) is 0 Å². The summed E-state index contributed by atoms with van der Waals surface area (Å²) in [5.74, 6) is -0.410. The van der Waals surface area contributed by atoms with Crippen molar-refractivity contribution in [3.05, 3.63) is 0 Å². The number of hydrogen-bond donors (Lipinski definition) is 3. The molecule has 0 heterocycles. The number of hydrogen-bond acceptors (Lipinski definition) is 15. The normalized spacial score (nSPS) is 14.6. The topological polar surface area (TPSA) is 237 Å². The van der Waals surface area contributed by atoms with Crippen LogP contribution in [0.4, 0.5) is 0 Å². The fraction of sp³-hybridized carbons (Fsp3) is 0.947. The van der Waals surface area contributed by atoms with Crippen LogP contribution in [0.3, 0.4) is 0 Å². The number of rotatable bonds is 74. The zero-order valence-electron chi connectivity index (χ0n) is 61.3. The Kier molecular flexibility index (Phi) is 65.5. The summed E-state index contributed by atoms with van der Waals surface area (Å²) in [6.45, 7) is 9.60. The molecule has 0 aliphatic heterocycles. The van der Waals surface area contributed by atoms with Crippen LogP contribution in [0, 0.1) is 11.8 Å². The fourth-order valence-electron chi connectivity index (χ4n) is 11.4. The number of ether oxygens (including phenoxy) is 4. The van der Waals surface area contributed by atoms with Gasteiger partial charge in [-0.2, -0.15) is 0 Å². The summed E-state index contributed by atoms with van der Waals surface area (Å²) in [6.07, 6.45) is 54.6. The second-order valence-electron chi connectivity index (χ2n) is 27.5. The van der Waals surface area contributed by atoms with Crippen molar-refractivity contribution in [2.45, 2.75) is 407 Å². The van der Waals surface area contributed by atoms with Crippen LogP contribution in [0.1, 0.15) is 388 Å². The van der Waals surface area contributed by atoms with Crippen molar-refractivity contribution >= 4 is 39.5 Å². The number of carbonyl (C=O) groups is 4. The maximum atomic E-state index is 13.1. The lowest BCUT2D eigenvalue weighted by molar-refractivity contribution is -0.161. The summed E-state index contributed by atoms with van der Waals surface area (Å²) in [7, 11) is -9.89. The molecule has 0 aliphatic rings. The minimum Gasteiger partial charge on any atom is -0.462 e. The van der Waals surface area contributed by atoms with E-state index in [9.17, 15) is 43.2 Å². The summed E-state index contributed by atoms with van der Waals surface area (Å²) in [5.41, 5.74) is 0. The molecule has 0 saturated carbocycles. The van der Waals surface area contributed by atoms with Gasteiger partial charge in [-0.25, -0.2) is 9.13 Å². The van der Waals surface area contributed by atoms with E-state index in [2.05, 4.69) is 41.5 Å². The first-order valence-electron chi connectivity index (χ1n) is 39.1. The lowest BCUT2D eigenvalue weighted by atomic mass is 9.99. The van der Waals surface area contributed by atoms with Gasteiger partial charge in [-0.15, -0.1) is 0 Å². The van der Waals surface area contributed by atoms with Crippen molar-refractivity contribution in [3.63, 3.8) is 0 Å². The van der Waals surface area contributed by atoms with Crippen molar-refractivity contribution in [2.24, 2.45) is 11.8 Å². The van der Waals surface area contributed by atoms with Crippen molar-refractivity contribution in [1.82, 2.24) is 0 Å². The summed E-state index contributed by atoms with van der Waals surface area (Å²) in [5, 5.41) is 10.6. The van der Waals surface area contributed by atoms with Gasteiger partial charge in [-0.1, -0.05) is 337 Å². The molecule has 0 aromatic rings. The monoisotopic (exact) mass is 1380 g/mol. The minimum absolute atomic E-state index is 0.105. The van der Waals surface area contributed by atoms with E-state index < -0.39 is 97.5 Å². The van der Waals surface area contributed by atoms with Crippen molar-refractivity contribution in [2.75, 3.05) is 39.6 Å². The maximum absolute atomic E-state index is 13.1. The van der Waals surface area contributed by atoms with Gasteiger partial charge < -0.3 is 33.8 Å². The average molecular weight is 1380 g/mol. The van der Waals surface area contributed by atoms with E-state index in [0.29, 0.717) is 25.7 Å². The van der Waals surface area contributed by atoms with Crippen LogP contribution < -0.4 is 0 Å². The van der Waals surface area contributed by atoms with Crippen LogP contribution in [0.15, 0.2) is 0 Å². The third-order valence-electron chi connectivity index (χ3n) is 18.2. The number of phosphoric ester groups is 2. The molecule has 0 aromatic heterocycles. The van der Waals surface area contributed by atoms with Crippen LogP contribution in [0.5, 0.6) is 0 Å². The molecule has 0 aliphatic carbocycles. The van der Waals surface area contributed by atoms with Gasteiger partial charge in [0.15, 0.2) is 12.2 Å². The molecule has 0 radical (unpaired) electrons. The Bertz CT molecular complexity index is 1820. The molecule has 94 heavy (non-hydrogen) atoms. The van der Waals surface area contributed by atoms with E-state index in [0.717, 1.165) is 108 Å². The average Bonchev–Trinajstić information content (AvgIpc) is 2.95. The van der Waals surface area contributed by atoms with Crippen molar-refractivity contribution in [3.8, 4) is 0 Å². The van der Waals surface area contributed by atoms with Gasteiger partial charge in [-0.3, -0.25) is 37.3 Å². The number of carbonyl (C=O) groups excluding carboxylic acids is 4. The molecule has 558 valence electrons. The lowest BCUT2D eigenvalue weighted by Crippen LogP contribution is -2.30. The smallest absolute Gasteiger partial charge is 0.462 e. The highest BCUT2D eigenvalue weighted by molar-refractivity contribution is 7.47. The molecule has 0 rings (SSSR count). The number of esters is 4. The summed E-state index contributed by atoms with van der Waals surface area (Å²) >= 11 is 0. The SMILES string of the molecule is CCCCCCCCCCCC(=O)O[C@H](COC(=O)CCCCCCC)COP(=O)(O)OC[C@H](O)COP(=O)(O)OC[C@@H](COC(=O)CCCCCCCCCCCCCCCCC(C)CC)OC(=O)CCCCCCCCCCCCCCCCCCCCC(C)CC. The maximum Gasteiger partial charge on any atom is 0.472 e. The van der Waals surface area contributed by atoms with Crippen LogP contribution in [0.25, 0.3) is 0 Å². The largest absolute Gasteiger partial charge is 0.472 e. The third-order valence-corrected chi connectivity index (χ3v) is 20.1. The van der Waals surface area contributed by atoms with E-state index in [1.165, 1.54) is 199 Å². The molecule has 19 heteroatoms. The van der Waals surface area contributed by atoms with Crippen LogP contribution in [-0.2, 0) is 65.4 Å². The number of aliphatic hydroxyl groups excluding tert-OH is 1. The van der Waals surface area contributed by atoms with Gasteiger partial charge >= 0.3 is 39.5 Å².